The van der Waals surface area contributed by atoms with Gasteiger partial charge in [0.15, 0.2) is 5.75 Å². The van der Waals surface area contributed by atoms with Crippen molar-refractivity contribution < 1.29 is 32.6 Å². The van der Waals surface area contributed by atoms with Gasteiger partial charge in [0.05, 0.1) is 16.7 Å². The normalized spacial score (nSPS) is 18.2. The van der Waals surface area contributed by atoms with E-state index in [0.717, 1.165) is 0 Å². The Kier molecular flexibility index (Phi) is 3.63. The Morgan fingerprint density at radius 2 is 2.05 bits per heavy atom. The minimum atomic E-state index is -5.10. The third-order valence-corrected chi connectivity index (χ3v) is 3.23. The van der Waals surface area contributed by atoms with Gasteiger partial charge in [0, 0.05) is 0 Å². The number of anilines is 1. The topological polar surface area (TPSA) is 66.8 Å². The molecule has 0 aromatic heterocycles. The molecule has 0 fully saturated rings. The molecular weight excluding hydrogens is 347 g/mol. The molecule has 1 heterocycles. The van der Waals surface area contributed by atoms with E-state index in [4.69, 9.17) is 9.84 Å². The van der Waals surface area contributed by atoms with Gasteiger partial charge in [-0.2, -0.15) is 13.2 Å². The van der Waals surface area contributed by atoms with Gasteiger partial charge < -0.3 is 9.84 Å². The summed E-state index contributed by atoms with van der Waals surface area (Å²) in [4.78, 5) is 22.7. The second kappa shape index (κ2) is 4.97. The van der Waals surface area contributed by atoms with E-state index in [1.165, 1.54) is 18.2 Å². The first-order chi connectivity index (χ1) is 9.21. The number of halogens is 4. The largest absolute Gasteiger partial charge is 0.478 e. The van der Waals surface area contributed by atoms with E-state index >= 15 is 0 Å². The molecular formula is C11H7BrF3NO4. The van der Waals surface area contributed by atoms with Gasteiger partial charge in [-0.25, -0.2) is 4.79 Å². The van der Waals surface area contributed by atoms with Crippen LogP contribution in [0.25, 0.3) is 0 Å². The second-order valence-corrected chi connectivity index (χ2v) is 4.80. The molecule has 5 nitrogen and oxygen atoms in total. The Labute approximate surface area is 119 Å². The first-order valence-corrected chi connectivity index (χ1v) is 6.07. The molecule has 2 rings (SSSR count). The summed E-state index contributed by atoms with van der Waals surface area (Å²) in [6.45, 7) is -0.711. The number of fused-ring (bicyclic) bond motifs is 1. The number of carboxylic acid groups (broad SMARTS) is 1. The number of amides is 1. The maximum atomic E-state index is 12.6. The molecule has 0 saturated carbocycles. The number of carbonyl (C=O) groups excluding carboxylic acids is 1. The zero-order valence-electron chi connectivity index (χ0n) is 9.65. The minimum absolute atomic E-state index is 0.108. The summed E-state index contributed by atoms with van der Waals surface area (Å²) in [6.07, 6.45) is -6.66. The summed E-state index contributed by atoms with van der Waals surface area (Å²) < 4.78 is 43.1. The molecule has 0 radical (unpaired) electrons. The molecule has 1 atom stereocenters. The van der Waals surface area contributed by atoms with E-state index in [1.807, 2.05) is 0 Å². The average molecular weight is 354 g/mol. The fourth-order valence-corrected chi connectivity index (χ4v) is 2.19. The third kappa shape index (κ3) is 2.58. The first-order valence-electron chi connectivity index (χ1n) is 5.28. The predicted molar refractivity (Wildman–Crippen MR) is 64.6 cm³/mol. The molecule has 0 saturated heterocycles. The van der Waals surface area contributed by atoms with E-state index < -0.39 is 30.7 Å². The summed E-state index contributed by atoms with van der Waals surface area (Å²) in [6, 6.07) is 4.14. The van der Waals surface area contributed by atoms with Crippen molar-refractivity contribution in [3.05, 3.63) is 22.7 Å². The summed E-state index contributed by atoms with van der Waals surface area (Å²) in [5, 5.41) is 8.90. The van der Waals surface area contributed by atoms with Crippen molar-refractivity contribution in [3.8, 4) is 5.75 Å². The number of ether oxygens (including phenoxy) is 1. The van der Waals surface area contributed by atoms with Crippen LogP contribution >= 0.6 is 15.9 Å². The highest BCUT2D eigenvalue weighted by molar-refractivity contribution is 9.10. The van der Waals surface area contributed by atoms with E-state index in [9.17, 15) is 22.8 Å². The van der Waals surface area contributed by atoms with Crippen LogP contribution in [-0.2, 0) is 9.59 Å². The Morgan fingerprint density at radius 3 is 2.60 bits per heavy atom. The average Bonchev–Trinajstić information content (AvgIpc) is 2.36. The van der Waals surface area contributed by atoms with Crippen LogP contribution in [0.2, 0.25) is 0 Å². The van der Waals surface area contributed by atoms with Crippen molar-refractivity contribution in [1.29, 1.82) is 0 Å². The molecule has 1 aliphatic heterocycles. The van der Waals surface area contributed by atoms with Gasteiger partial charge in [-0.3, -0.25) is 9.69 Å². The number of aliphatic carboxylic acids is 1. The molecule has 0 bridgehead atoms. The molecule has 0 spiro atoms. The van der Waals surface area contributed by atoms with E-state index in [0.29, 0.717) is 4.90 Å². The van der Waals surface area contributed by atoms with Crippen LogP contribution in [-0.4, -0.2) is 35.8 Å². The highest BCUT2D eigenvalue weighted by Gasteiger charge is 2.47. The molecule has 1 aromatic carbocycles. The molecule has 1 unspecified atom stereocenters. The molecule has 1 aromatic rings. The van der Waals surface area contributed by atoms with E-state index in [-0.39, 0.29) is 15.9 Å². The fraction of sp³-hybridized carbons (Fsp3) is 0.273. The molecule has 1 amide bonds. The highest BCUT2D eigenvalue weighted by Crippen LogP contribution is 2.40. The number of alkyl halides is 3. The van der Waals surface area contributed by atoms with Crippen molar-refractivity contribution in [2.45, 2.75) is 12.3 Å². The van der Waals surface area contributed by atoms with Gasteiger partial charge in [0.2, 0.25) is 6.10 Å². The lowest BCUT2D eigenvalue weighted by molar-refractivity contribution is -0.171. The van der Waals surface area contributed by atoms with Crippen LogP contribution in [0.15, 0.2) is 22.7 Å². The maximum Gasteiger partial charge on any atom is 0.471 e. The van der Waals surface area contributed by atoms with Gasteiger partial charge in [0.25, 0.3) is 0 Å². The van der Waals surface area contributed by atoms with E-state index in [1.54, 1.807) is 0 Å². The Morgan fingerprint density at radius 1 is 1.40 bits per heavy atom. The molecule has 1 aliphatic rings. The van der Waals surface area contributed by atoms with Crippen molar-refractivity contribution in [3.63, 3.8) is 0 Å². The number of carbonyl (C=O) groups is 2. The van der Waals surface area contributed by atoms with Crippen molar-refractivity contribution >= 4 is 33.5 Å². The molecule has 0 aliphatic carbocycles. The number of rotatable bonds is 1. The number of nitrogens with zero attached hydrogens (tertiary/aromatic N) is 1. The molecule has 108 valence electrons. The van der Waals surface area contributed by atoms with Crippen LogP contribution in [0.1, 0.15) is 0 Å². The number of carboxylic acids is 1. The first kappa shape index (κ1) is 14.6. The van der Waals surface area contributed by atoms with Gasteiger partial charge in [-0.05, 0) is 28.1 Å². The lowest BCUT2D eigenvalue weighted by Crippen LogP contribution is -2.51. The van der Waals surface area contributed by atoms with E-state index in [2.05, 4.69) is 15.9 Å². The minimum Gasteiger partial charge on any atom is -0.478 e. The van der Waals surface area contributed by atoms with Crippen LogP contribution in [0.4, 0.5) is 18.9 Å². The summed E-state index contributed by atoms with van der Waals surface area (Å²) in [5.41, 5.74) is -0.126. The Bertz CT molecular complexity index is 575. The summed E-state index contributed by atoms with van der Waals surface area (Å²) in [5.74, 6) is -3.69. The Balaban J connectivity index is 2.50. The van der Waals surface area contributed by atoms with Gasteiger partial charge in [-0.15, -0.1) is 0 Å². The van der Waals surface area contributed by atoms with Crippen LogP contribution in [0.3, 0.4) is 0 Å². The van der Waals surface area contributed by atoms with Gasteiger partial charge in [-0.1, -0.05) is 6.07 Å². The number of para-hydroxylation sites is 1. The quantitative estimate of drug-likeness (QED) is 0.840. The van der Waals surface area contributed by atoms with Crippen molar-refractivity contribution in [2.24, 2.45) is 0 Å². The third-order valence-electron chi connectivity index (χ3n) is 2.61. The predicted octanol–water partition coefficient (Wildman–Crippen LogP) is 2.19. The zero-order valence-corrected chi connectivity index (χ0v) is 11.2. The van der Waals surface area contributed by atoms with Crippen LogP contribution in [0.5, 0.6) is 5.75 Å². The lowest BCUT2D eigenvalue weighted by atomic mass is 10.2. The van der Waals surface area contributed by atoms with Crippen LogP contribution < -0.4 is 9.64 Å². The SMILES string of the molecule is O=C(O)C1CN(C(=O)C(F)(F)F)c2cccc(Br)c2O1. The standard InChI is InChI=1S/C11H7BrF3NO4/c12-5-2-1-3-6-8(5)20-7(9(17)18)4-16(6)10(19)11(13,14)15/h1-3,7H,4H2,(H,17,18). The number of hydrogen-bond acceptors (Lipinski definition) is 3. The summed E-state index contributed by atoms with van der Waals surface area (Å²) >= 11 is 3.05. The monoisotopic (exact) mass is 353 g/mol. The van der Waals surface area contributed by atoms with Gasteiger partial charge >= 0.3 is 18.1 Å². The van der Waals surface area contributed by atoms with Crippen LogP contribution in [0, 0.1) is 0 Å². The Hall–Kier alpha value is -1.77. The van der Waals surface area contributed by atoms with Crippen molar-refractivity contribution in [2.75, 3.05) is 11.4 Å². The zero-order chi connectivity index (χ0) is 15.1. The second-order valence-electron chi connectivity index (χ2n) is 3.95. The fourth-order valence-electron chi connectivity index (χ4n) is 1.74. The number of benzene rings is 1. The maximum absolute atomic E-state index is 12.6. The smallest absolute Gasteiger partial charge is 0.471 e. The van der Waals surface area contributed by atoms with Gasteiger partial charge in [0.1, 0.15) is 0 Å². The molecule has 9 heteroatoms. The highest BCUT2D eigenvalue weighted by atomic mass is 79.9. The van der Waals surface area contributed by atoms with Crippen molar-refractivity contribution in [1.82, 2.24) is 0 Å². The number of hydrogen-bond donors (Lipinski definition) is 1. The molecule has 1 N–H and O–H groups in total. The summed E-state index contributed by atoms with van der Waals surface area (Å²) in [7, 11) is 0. The molecule has 20 heavy (non-hydrogen) atoms. The lowest BCUT2D eigenvalue weighted by Gasteiger charge is -2.33.